The Balaban J connectivity index is 0.00000312. The largest absolute Gasteiger partial charge is 0.356 e. The minimum absolute atomic E-state index is 0. The molecule has 1 fully saturated rings. The number of amides is 1. The average molecular weight is 371 g/mol. The van der Waals surface area contributed by atoms with E-state index in [0.717, 1.165) is 51.1 Å². The number of carbonyl (C=O) groups excluding carboxylic acids is 1. The summed E-state index contributed by atoms with van der Waals surface area (Å²) in [5.41, 5.74) is 3.75. The van der Waals surface area contributed by atoms with Crippen molar-refractivity contribution in [3.8, 4) is 0 Å². The summed E-state index contributed by atoms with van der Waals surface area (Å²) >= 11 is 0. The molecular weight excluding hydrogens is 336 g/mol. The molecule has 0 saturated carbocycles. The molecule has 1 aromatic heterocycles. The lowest BCUT2D eigenvalue weighted by Crippen LogP contribution is -2.42. The second-order valence-electron chi connectivity index (χ2n) is 8.06. The summed E-state index contributed by atoms with van der Waals surface area (Å²) in [5, 5.41) is 11.2. The highest BCUT2D eigenvalue weighted by atomic mass is 35.5. The lowest BCUT2D eigenvalue weighted by atomic mass is 9.81. The first-order valence-corrected chi connectivity index (χ1v) is 9.31. The Morgan fingerprint density at radius 1 is 1.32 bits per heavy atom. The third-order valence-corrected chi connectivity index (χ3v) is 5.19. The van der Waals surface area contributed by atoms with Gasteiger partial charge in [-0.25, -0.2) is 0 Å². The van der Waals surface area contributed by atoms with Crippen molar-refractivity contribution in [1.82, 2.24) is 20.4 Å². The summed E-state index contributed by atoms with van der Waals surface area (Å²) in [6, 6.07) is 0. The monoisotopic (exact) mass is 370 g/mol. The van der Waals surface area contributed by atoms with Crippen molar-refractivity contribution in [2.45, 2.75) is 66.8 Å². The second-order valence-corrected chi connectivity index (χ2v) is 8.06. The molecule has 0 unspecified atom stereocenters. The fourth-order valence-corrected chi connectivity index (χ4v) is 3.47. The average Bonchev–Trinajstić information content (AvgIpc) is 2.77. The molecule has 2 N–H and O–H groups in total. The number of hydrogen-bond acceptors (Lipinski definition) is 3. The Kier molecular flexibility index (Phi) is 8.42. The normalized spacial score (nSPS) is 16.6. The lowest BCUT2D eigenvalue weighted by Gasteiger charge is -2.34. The lowest BCUT2D eigenvalue weighted by molar-refractivity contribution is -0.121. The fourth-order valence-electron chi connectivity index (χ4n) is 3.47. The van der Waals surface area contributed by atoms with Crippen molar-refractivity contribution >= 4 is 18.3 Å². The minimum atomic E-state index is 0. The minimum Gasteiger partial charge on any atom is -0.356 e. The first kappa shape index (κ1) is 22.0. The van der Waals surface area contributed by atoms with Crippen LogP contribution in [0.5, 0.6) is 0 Å². The second kappa shape index (κ2) is 9.58. The van der Waals surface area contributed by atoms with Gasteiger partial charge >= 0.3 is 0 Å². The van der Waals surface area contributed by atoms with Crippen LogP contribution in [0, 0.1) is 25.2 Å². The molecule has 5 nitrogen and oxygen atoms in total. The van der Waals surface area contributed by atoms with Gasteiger partial charge < -0.3 is 10.6 Å². The van der Waals surface area contributed by atoms with Crippen LogP contribution in [0.15, 0.2) is 0 Å². The van der Waals surface area contributed by atoms with Crippen molar-refractivity contribution in [3.05, 3.63) is 17.0 Å². The first-order valence-electron chi connectivity index (χ1n) is 9.31. The highest BCUT2D eigenvalue weighted by molar-refractivity contribution is 5.85. The molecule has 0 radical (unpaired) electrons. The van der Waals surface area contributed by atoms with Gasteiger partial charge in [0.25, 0.3) is 0 Å². The molecule has 0 atom stereocenters. The number of hydrogen-bond donors (Lipinski definition) is 2. The van der Waals surface area contributed by atoms with Gasteiger partial charge in [0.05, 0.1) is 5.69 Å². The van der Waals surface area contributed by atoms with Crippen molar-refractivity contribution < 1.29 is 4.79 Å². The first-order chi connectivity index (χ1) is 11.3. The SMILES string of the molecule is Cc1nn(CC(C)C)c(C)c1CCC(=O)NCC1(C)CCNCC1.Cl. The molecule has 144 valence electrons. The highest BCUT2D eigenvalue weighted by Crippen LogP contribution is 2.26. The van der Waals surface area contributed by atoms with Crippen molar-refractivity contribution in [1.29, 1.82) is 0 Å². The molecule has 1 aliphatic heterocycles. The maximum Gasteiger partial charge on any atom is 0.220 e. The third-order valence-electron chi connectivity index (χ3n) is 5.19. The number of aryl methyl sites for hydroxylation is 1. The number of carbonyl (C=O) groups is 1. The summed E-state index contributed by atoms with van der Waals surface area (Å²) in [7, 11) is 0. The highest BCUT2D eigenvalue weighted by Gasteiger charge is 2.27. The van der Waals surface area contributed by atoms with Crippen LogP contribution in [0.25, 0.3) is 0 Å². The molecule has 2 rings (SSSR count). The summed E-state index contributed by atoms with van der Waals surface area (Å²) in [5.74, 6) is 0.732. The van der Waals surface area contributed by atoms with E-state index in [4.69, 9.17) is 0 Å². The van der Waals surface area contributed by atoms with Gasteiger partial charge in [0.2, 0.25) is 5.91 Å². The molecule has 1 saturated heterocycles. The Bertz CT molecular complexity index is 562. The van der Waals surface area contributed by atoms with E-state index in [0.29, 0.717) is 12.3 Å². The van der Waals surface area contributed by atoms with Gasteiger partial charge in [-0.05, 0) is 63.1 Å². The molecule has 6 heteroatoms. The van der Waals surface area contributed by atoms with Crippen LogP contribution in [0.1, 0.15) is 57.0 Å². The molecule has 0 bridgehead atoms. The zero-order valence-corrected chi connectivity index (χ0v) is 17.3. The molecule has 1 amide bonds. The number of nitrogens with one attached hydrogen (secondary N) is 2. The van der Waals surface area contributed by atoms with Crippen molar-refractivity contribution in [2.75, 3.05) is 19.6 Å². The number of piperidine rings is 1. The van der Waals surface area contributed by atoms with Crippen LogP contribution in [0.4, 0.5) is 0 Å². The Morgan fingerprint density at radius 3 is 2.56 bits per heavy atom. The van der Waals surface area contributed by atoms with Crippen LogP contribution in [0.2, 0.25) is 0 Å². The zero-order chi connectivity index (χ0) is 17.7. The van der Waals surface area contributed by atoms with Crippen LogP contribution in [-0.4, -0.2) is 35.3 Å². The fraction of sp³-hybridized carbons (Fsp3) is 0.789. The van der Waals surface area contributed by atoms with Gasteiger partial charge in [-0.3, -0.25) is 9.48 Å². The van der Waals surface area contributed by atoms with Gasteiger partial charge in [-0.1, -0.05) is 20.8 Å². The van der Waals surface area contributed by atoms with Crippen LogP contribution in [0.3, 0.4) is 0 Å². The molecule has 0 aliphatic carbocycles. The maximum absolute atomic E-state index is 12.3. The van der Waals surface area contributed by atoms with Gasteiger partial charge in [-0.15, -0.1) is 12.4 Å². The predicted octanol–water partition coefficient (Wildman–Crippen LogP) is 3.02. The summed E-state index contributed by atoms with van der Waals surface area (Å²) in [6.07, 6.45) is 3.59. The van der Waals surface area contributed by atoms with Gasteiger partial charge in [0, 0.05) is 25.2 Å². The van der Waals surface area contributed by atoms with Gasteiger partial charge in [0.15, 0.2) is 0 Å². The van der Waals surface area contributed by atoms with Crippen LogP contribution >= 0.6 is 12.4 Å². The van der Waals surface area contributed by atoms with E-state index in [-0.39, 0.29) is 23.7 Å². The van der Waals surface area contributed by atoms with E-state index in [1.54, 1.807) is 0 Å². The van der Waals surface area contributed by atoms with Gasteiger partial charge in [-0.2, -0.15) is 5.10 Å². The number of rotatable bonds is 7. The molecule has 1 aliphatic rings. The summed E-state index contributed by atoms with van der Waals surface area (Å²) in [6.45, 7) is 14.7. The maximum atomic E-state index is 12.3. The molecule has 1 aromatic rings. The van der Waals surface area contributed by atoms with Gasteiger partial charge in [0.1, 0.15) is 0 Å². The molecule has 2 heterocycles. The molecule has 25 heavy (non-hydrogen) atoms. The third kappa shape index (κ3) is 6.30. The van der Waals surface area contributed by atoms with Crippen LogP contribution < -0.4 is 10.6 Å². The van der Waals surface area contributed by atoms with Crippen molar-refractivity contribution in [2.24, 2.45) is 11.3 Å². The summed E-state index contributed by atoms with van der Waals surface area (Å²) < 4.78 is 2.09. The number of nitrogens with zero attached hydrogens (tertiary/aromatic N) is 2. The smallest absolute Gasteiger partial charge is 0.220 e. The molecule has 0 aromatic carbocycles. The van der Waals surface area contributed by atoms with E-state index >= 15 is 0 Å². The quantitative estimate of drug-likeness (QED) is 0.775. The Morgan fingerprint density at radius 2 is 1.96 bits per heavy atom. The van der Waals surface area contributed by atoms with E-state index in [1.807, 2.05) is 6.92 Å². The predicted molar refractivity (Wildman–Crippen MR) is 105 cm³/mol. The topological polar surface area (TPSA) is 59.0 Å². The Hall–Kier alpha value is -1.07. The van der Waals surface area contributed by atoms with E-state index < -0.39 is 0 Å². The number of aromatic nitrogens is 2. The van der Waals surface area contributed by atoms with E-state index in [2.05, 4.69) is 48.1 Å². The molecular formula is C19H35ClN4O. The Labute approximate surface area is 158 Å². The van der Waals surface area contributed by atoms with Crippen LogP contribution in [-0.2, 0) is 17.8 Å². The van der Waals surface area contributed by atoms with Crippen molar-refractivity contribution in [3.63, 3.8) is 0 Å². The summed E-state index contributed by atoms with van der Waals surface area (Å²) in [4.78, 5) is 12.3. The zero-order valence-electron chi connectivity index (χ0n) is 16.4. The standard InChI is InChI=1S/C19H34N4O.ClH/c1-14(2)12-23-16(4)17(15(3)22-23)6-7-18(24)21-13-19(5)8-10-20-11-9-19;/h14,20H,6-13H2,1-5H3,(H,21,24);1H. The molecule has 0 spiro atoms. The van der Waals surface area contributed by atoms with E-state index in [9.17, 15) is 4.79 Å². The van der Waals surface area contributed by atoms with E-state index in [1.165, 1.54) is 11.3 Å². The number of halogens is 1.